The molecule has 0 aromatic heterocycles. The molecule has 20 heavy (non-hydrogen) atoms. The minimum Gasteiger partial charge on any atom is -0.497 e. The van der Waals surface area contributed by atoms with Crippen molar-refractivity contribution in [3.63, 3.8) is 0 Å². The molecule has 0 spiro atoms. The highest BCUT2D eigenvalue weighted by Gasteiger charge is 2.34. The molecule has 1 aliphatic carbocycles. The highest BCUT2D eigenvalue weighted by molar-refractivity contribution is 7.91. The van der Waals surface area contributed by atoms with Crippen LogP contribution in [0.15, 0.2) is 24.3 Å². The van der Waals surface area contributed by atoms with E-state index in [0.29, 0.717) is 0 Å². The summed E-state index contributed by atoms with van der Waals surface area (Å²) < 4.78 is 28.6. The Bertz CT molecular complexity index is 542. The molecule has 0 bridgehead atoms. The van der Waals surface area contributed by atoms with E-state index in [1.54, 1.807) is 7.11 Å². The van der Waals surface area contributed by atoms with Crippen LogP contribution < -0.4 is 10.1 Å². The summed E-state index contributed by atoms with van der Waals surface area (Å²) in [4.78, 5) is 0. The van der Waals surface area contributed by atoms with Gasteiger partial charge in [-0.3, -0.25) is 0 Å². The van der Waals surface area contributed by atoms with Crippen molar-refractivity contribution < 1.29 is 13.2 Å². The van der Waals surface area contributed by atoms with E-state index in [4.69, 9.17) is 4.74 Å². The summed E-state index contributed by atoms with van der Waals surface area (Å²) in [5.74, 6) is 0.859. The van der Waals surface area contributed by atoms with E-state index in [1.807, 2.05) is 18.2 Å². The maximum Gasteiger partial charge on any atom is 0.151 e. The van der Waals surface area contributed by atoms with Crippen molar-refractivity contribution in [2.24, 2.45) is 0 Å². The Morgan fingerprint density at radius 2 is 2.15 bits per heavy atom. The van der Waals surface area contributed by atoms with Gasteiger partial charge in [0.25, 0.3) is 0 Å². The zero-order chi connectivity index (χ0) is 14.6. The van der Waals surface area contributed by atoms with Crippen LogP contribution in [0, 0.1) is 0 Å². The lowest BCUT2D eigenvalue weighted by Gasteiger charge is -2.19. The molecule has 2 atom stereocenters. The minimum absolute atomic E-state index is 0.107. The number of ether oxygens (including phenoxy) is 1. The molecule has 1 aromatic carbocycles. The minimum atomic E-state index is -2.94. The fourth-order valence-electron chi connectivity index (χ4n) is 2.90. The zero-order valence-corrected chi connectivity index (χ0v) is 12.9. The summed E-state index contributed by atoms with van der Waals surface area (Å²) in [6, 6.07) is 8.09. The molecule has 1 aromatic rings. The molecule has 0 amide bonds. The number of rotatable bonds is 6. The summed E-state index contributed by atoms with van der Waals surface area (Å²) in [7, 11) is -1.28. The van der Waals surface area contributed by atoms with Crippen LogP contribution in [0.3, 0.4) is 0 Å². The van der Waals surface area contributed by atoms with Crippen molar-refractivity contribution in [2.75, 3.05) is 19.9 Å². The molecule has 0 saturated heterocycles. The summed E-state index contributed by atoms with van der Waals surface area (Å²) in [5, 5.41) is 3.19. The van der Waals surface area contributed by atoms with Crippen LogP contribution in [-0.4, -0.2) is 39.6 Å². The Morgan fingerprint density at radius 3 is 2.85 bits per heavy atom. The van der Waals surface area contributed by atoms with Gasteiger partial charge in [0.05, 0.1) is 12.4 Å². The maximum atomic E-state index is 11.7. The van der Waals surface area contributed by atoms with Crippen LogP contribution in [0.25, 0.3) is 0 Å². The summed E-state index contributed by atoms with van der Waals surface area (Å²) in [5.41, 5.74) is 1.20. The number of methoxy groups -OCH3 is 1. The third-order valence-electron chi connectivity index (χ3n) is 3.96. The van der Waals surface area contributed by atoms with Crippen LogP contribution in [0.2, 0.25) is 0 Å². The second kappa shape index (κ2) is 6.59. The monoisotopic (exact) mass is 297 g/mol. The van der Waals surface area contributed by atoms with Crippen molar-refractivity contribution in [2.45, 2.75) is 37.0 Å². The van der Waals surface area contributed by atoms with E-state index < -0.39 is 9.84 Å². The molecule has 2 unspecified atom stereocenters. The number of sulfone groups is 1. The van der Waals surface area contributed by atoms with E-state index in [-0.39, 0.29) is 11.3 Å². The van der Waals surface area contributed by atoms with Crippen molar-refractivity contribution in [1.29, 1.82) is 0 Å². The lowest BCUT2D eigenvalue weighted by Crippen LogP contribution is -2.40. The van der Waals surface area contributed by atoms with Crippen LogP contribution >= 0.6 is 0 Å². The maximum absolute atomic E-state index is 11.7. The summed E-state index contributed by atoms with van der Waals surface area (Å²) in [6.07, 6.45) is 4.96. The molecule has 2 rings (SSSR count). The number of nitrogens with one attached hydrogen (secondary N) is 1. The van der Waals surface area contributed by atoms with Gasteiger partial charge in [0.1, 0.15) is 5.75 Å². The standard InChI is InChI=1S/C15H23NO3S/c1-19-13-6-3-5-12(11-13)9-10-16-14-7-4-8-15(14)20(2,17)18/h3,5-6,11,14-16H,4,7-10H2,1-2H3. The smallest absolute Gasteiger partial charge is 0.151 e. The topological polar surface area (TPSA) is 55.4 Å². The van der Waals surface area contributed by atoms with Crippen LogP contribution in [0.1, 0.15) is 24.8 Å². The van der Waals surface area contributed by atoms with Gasteiger partial charge in [-0.2, -0.15) is 0 Å². The predicted molar refractivity (Wildman–Crippen MR) is 81.0 cm³/mol. The molecule has 5 heteroatoms. The Kier molecular flexibility index (Phi) is 5.05. The van der Waals surface area contributed by atoms with Gasteiger partial charge >= 0.3 is 0 Å². The van der Waals surface area contributed by atoms with Crippen LogP contribution in [0.5, 0.6) is 5.75 Å². The van der Waals surface area contributed by atoms with Crippen LogP contribution in [-0.2, 0) is 16.3 Å². The van der Waals surface area contributed by atoms with Crippen LogP contribution in [0.4, 0.5) is 0 Å². The van der Waals surface area contributed by atoms with Gasteiger partial charge in [0, 0.05) is 12.3 Å². The Balaban J connectivity index is 1.86. The normalized spacial score (nSPS) is 22.9. The van der Waals surface area contributed by atoms with Gasteiger partial charge in [-0.1, -0.05) is 18.6 Å². The van der Waals surface area contributed by atoms with Gasteiger partial charge < -0.3 is 10.1 Å². The molecule has 4 nitrogen and oxygen atoms in total. The molecule has 1 saturated carbocycles. The molecule has 0 heterocycles. The molecule has 0 radical (unpaired) electrons. The largest absolute Gasteiger partial charge is 0.497 e. The lowest BCUT2D eigenvalue weighted by atomic mass is 10.1. The molecular weight excluding hydrogens is 274 g/mol. The van der Waals surface area contributed by atoms with Crippen molar-refractivity contribution in [3.05, 3.63) is 29.8 Å². The predicted octanol–water partition coefficient (Wildman–Crippen LogP) is 1.79. The third kappa shape index (κ3) is 3.96. The highest BCUT2D eigenvalue weighted by atomic mass is 32.2. The molecule has 1 aliphatic rings. The van der Waals surface area contributed by atoms with E-state index in [0.717, 1.165) is 38.0 Å². The second-order valence-electron chi connectivity index (χ2n) is 5.46. The molecule has 0 aliphatic heterocycles. The van der Waals surface area contributed by atoms with Gasteiger partial charge in [-0.15, -0.1) is 0 Å². The van der Waals surface area contributed by atoms with E-state index in [9.17, 15) is 8.42 Å². The second-order valence-corrected chi connectivity index (χ2v) is 7.73. The number of hydrogen-bond acceptors (Lipinski definition) is 4. The first-order valence-corrected chi connectivity index (χ1v) is 9.01. The fourth-order valence-corrected chi connectivity index (χ4v) is 4.33. The van der Waals surface area contributed by atoms with Crippen molar-refractivity contribution in [1.82, 2.24) is 5.32 Å². The van der Waals surface area contributed by atoms with Gasteiger partial charge in [-0.05, 0) is 43.5 Å². The first-order chi connectivity index (χ1) is 9.50. The fraction of sp³-hybridized carbons (Fsp3) is 0.600. The van der Waals surface area contributed by atoms with Gasteiger partial charge in [0.15, 0.2) is 9.84 Å². The average Bonchev–Trinajstić information content (AvgIpc) is 2.87. The van der Waals surface area contributed by atoms with Gasteiger partial charge in [-0.25, -0.2) is 8.42 Å². The lowest BCUT2D eigenvalue weighted by molar-refractivity contribution is 0.414. The Morgan fingerprint density at radius 1 is 1.35 bits per heavy atom. The third-order valence-corrected chi connectivity index (χ3v) is 5.62. The Hall–Kier alpha value is -1.07. The zero-order valence-electron chi connectivity index (χ0n) is 12.1. The molecule has 1 fully saturated rings. The first kappa shape index (κ1) is 15.3. The number of benzene rings is 1. The Labute approximate surface area is 121 Å². The van der Waals surface area contributed by atoms with E-state index >= 15 is 0 Å². The molecular formula is C15H23NO3S. The molecule has 112 valence electrons. The highest BCUT2D eigenvalue weighted by Crippen LogP contribution is 2.25. The van der Waals surface area contributed by atoms with Crippen molar-refractivity contribution in [3.8, 4) is 5.75 Å². The average molecular weight is 297 g/mol. The molecule has 1 N–H and O–H groups in total. The van der Waals surface area contributed by atoms with E-state index in [1.165, 1.54) is 11.8 Å². The van der Waals surface area contributed by atoms with Crippen molar-refractivity contribution >= 4 is 9.84 Å². The van der Waals surface area contributed by atoms with E-state index in [2.05, 4.69) is 11.4 Å². The van der Waals surface area contributed by atoms with Gasteiger partial charge in [0.2, 0.25) is 0 Å². The summed E-state index contributed by atoms with van der Waals surface area (Å²) in [6.45, 7) is 0.795. The summed E-state index contributed by atoms with van der Waals surface area (Å²) >= 11 is 0. The SMILES string of the molecule is COc1cccc(CCNC2CCCC2S(C)(=O)=O)c1. The first-order valence-electron chi connectivity index (χ1n) is 7.06. The number of hydrogen-bond donors (Lipinski definition) is 1. The quantitative estimate of drug-likeness (QED) is 0.870.